The van der Waals surface area contributed by atoms with E-state index in [-0.39, 0.29) is 24.5 Å². The van der Waals surface area contributed by atoms with Crippen molar-refractivity contribution in [3.63, 3.8) is 0 Å². The first-order valence-corrected chi connectivity index (χ1v) is 13.4. The zero-order chi connectivity index (χ0) is 27.3. The molecule has 0 radical (unpaired) electrons. The molecule has 1 fully saturated rings. The van der Waals surface area contributed by atoms with Crippen LogP contribution in [-0.4, -0.2) is 76.7 Å². The number of carbonyl (C=O) groups excluding carboxylic acids is 2. The van der Waals surface area contributed by atoms with Crippen molar-refractivity contribution in [1.82, 2.24) is 19.8 Å². The number of aromatic nitrogens is 2. The molecule has 2 aromatic heterocycles. The van der Waals surface area contributed by atoms with Gasteiger partial charge in [0.1, 0.15) is 28.3 Å². The first-order valence-electron chi connectivity index (χ1n) is 13.0. The predicted octanol–water partition coefficient (Wildman–Crippen LogP) is 4.81. The van der Waals surface area contributed by atoms with E-state index in [4.69, 9.17) is 21.1 Å². The molecule has 204 valence electrons. The van der Waals surface area contributed by atoms with Crippen LogP contribution in [0.5, 0.6) is 5.75 Å². The Hall–Kier alpha value is -3.17. The fraction of sp³-hybridized carbons (Fsp3) is 0.500. The van der Waals surface area contributed by atoms with E-state index in [1.807, 2.05) is 39.0 Å². The molecule has 2 amide bonds. The van der Waals surface area contributed by atoms with Crippen molar-refractivity contribution in [2.24, 2.45) is 0 Å². The topological polar surface area (TPSA) is 96.9 Å². The Morgan fingerprint density at radius 3 is 2.53 bits per heavy atom. The van der Waals surface area contributed by atoms with Gasteiger partial charge in [0.25, 0.3) is 0 Å². The number of rotatable bonds is 6. The average Bonchev–Trinajstić information content (AvgIpc) is 2.87. The van der Waals surface area contributed by atoms with Crippen molar-refractivity contribution in [2.45, 2.75) is 58.2 Å². The molecule has 1 N–H and O–H groups in total. The molecule has 2 aromatic rings. The average molecular weight is 542 g/mol. The third kappa shape index (κ3) is 7.91. The maximum atomic E-state index is 12.7. The van der Waals surface area contributed by atoms with Crippen LogP contribution in [0, 0.1) is 0 Å². The third-order valence-electron chi connectivity index (χ3n) is 6.43. The van der Waals surface area contributed by atoms with Gasteiger partial charge in [-0.25, -0.2) is 9.78 Å². The molecule has 2 aliphatic rings. The molecule has 0 aromatic carbocycles. The zero-order valence-electron chi connectivity index (χ0n) is 22.5. The lowest BCUT2D eigenvalue weighted by molar-refractivity contribution is -0.115. The quantitative estimate of drug-likeness (QED) is 0.560. The summed E-state index contributed by atoms with van der Waals surface area (Å²) in [5, 5.41) is 3.25. The van der Waals surface area contributed by atoms with E-state index in [0.717, 1.165) is 42.8 Å². The Balaban J connectivity index is 1.30. The largest absolute Gasteiger partial charge is 0.489 e. The molecule has 0 unspecified atom stereocenters. The van der Waals surface area contributed by atoms with E-state index in [0.29, 0.717) is 36.1 Å². The van der Waals surface area contributed by atoms with Crippen molar-refractivity contribution in [3.05, 3.63) is 52.9 Å². The highest BCUT2D eigenvalue weighted by Gasteiger charge is 2.24. The van der Waals surface area contributed by atoms with E-state index in [9.17, 15) is 9.59 Å². The zero-order valence-corrected chi connectivity index (χ0v) is 23.3. The van der Waals surface area contributed by atoms with Gasteiger partial charge >= 0.3 is 6.09 Å². The number of pyridine rings is 2. The monoisotopic (exact) mass is 541 g/mol. The molecule has 0 bridgehead atoms. The molecule has 0 saturated carbocycles. The number of nitrogens with one attached hydrogen (secondary N) is 1. The van der Waals surface area contributed by atoms with E-state index < -0.39 is 5.60 Å². The maximum Gasteiger partial charge on any atom is 0.410 e. The number of hydrogen-bond donors (Lipinski definition) is 1. The molecule has 0 aliphatic carbocycles. The normalized spacial score (nSPS) is 17.1. The van der Waals surface area contributed by atoms with Crippen LogP contribution in [0.25, 0.3) is 5.57 Å². The minimum atomic E-state index is -0.517. The van der Waals surface area contributed by atoms with Crippen LogP contribution < -0.4 is 10.1 Å². The van der Waals surface area contributed by atoms with Gasteiger partial charge in [0.2, 0.25) is 5.91 Å². The van der Waals surface area contributed by atoms with Crippen LogP contribution in [0.4, 0.5) is 10.6 Å². The fourth-order valence-corrected chi connectivity index (χ4v) is 4.49. The van der Waals surface area contributed by atoms with E-state index in [1.54, 1.807) is 17.2 Å². The van der Waals surface area contributed by atoms with Gasteiger partial charge < -0.3 is 24.6 Å². The van der Waals surface area contributed by atoms with Gasteiger partial charge in [0.15, 0.2) is 0 Å². The number of piperidine rings is 1. The maximum absolute atomic E-state index is 12.7. The van der Waals surface area contributed by atoms with Gasteiger partial charge in [0.05, 0.1) is 18.3 Å². The number of anilines is 1. The van der Waals surface area contributed by atoms with Gasteiger partial charge in [-0.2, -0.15) is 0 Å². The second kappa shape index (κ2) is 12.1. The minimum absolute atomic E-state index is 0.0962. The first-order chi connectivity index (χ1) is 18.1. The Morgan fingerprint density at radius 2 is 1.89 bits per heavy atom. The van der Waals surface area contributed by atoms with Crippen molar-refractivity contribution >= 4 is 35.0 Å². The van der Waals surface area contributed by atoms with Crippen molar-refractivity contribution in [2.75, 3.05) is 38.5 Å². The Labute approximate surface area is 229 Å². The summed E-state index contributed by atoms with van der Waals surface area (Å²) in [6.07, 6.45) is 7.71. The second-order valence-electron chi connectivity index (χ2n) is 10.8. The number of amides is 2. The predicted molar refractivity (Wildman–Crippen MR) is 147 cm³/mol. The summed E-state index contributed by atoms with van der Waals surface area (Å²) in [5.74, 6) is 0.724. The van der Waals surface area contributed by atoms with Gasteiger partial charge in [0, 0.05) is 38.4 Å². The fourth-order valence-electron chi connectivity index (χ4n) is 4.35. The van der Waals surface area contributed by atoms with Gasteiger partial charge in [-0.15, -0.1) is 0 Å². The Kier molecular flexibility index (Phi) is 8.89. The smallest absolute Gasteiger partial charge is 0.410 e. The van der Waals surface area contributed by atoms with Crippen LogP contribution in [0.2, 0.25) is 5.02 Å². The highest BCUT2D eigenvalue weighted by Crippen LogP contribution is 2.29. The lowest BCUT2D eigenvalue weighted by Crippen LogP contribution is -2.39. The second-order valence-corrected chi connectivity index (χ2v) is 11.2. The first kappa shape index (κ1) is 27.9. The molecule has 10 heteroatoms. The molecule has 0 spiro atoms. The summed E-state index contributed by atoms with van der Waals surface area (Å²) in [6, 6.07) is 5.48. The summed E-state index contributed by atoms with van der Waals surface area (Å²) in [6.45, 7) is 8.58. The number of nitrogens with zero attached hydrogens (tertiary/aromatic N) is 4. The Bertz CT molecular complexity index is 1170. The number of hydrogen-bond acceptors (Lipinski definition) is 7. The molecule has 9 nitrogen and oxygen atoms in total. The van der Waals surface area contributed by atoms with E-state index in [2.05, 4.69) is 27.2 Å². The van der Waals surface area contributed by atoms with E-state index >= 15 is 0 Å². The number of likely N-dealkylation sites (tertiary alicyclic amines) is 1. The standard InChI is InChI=1S/C28H36ClN5O4/c1-28(2,3)38-27(36)34-13-7-20(8-14-34)23-6-5-19(17-30-23)15-26(35)32-25-16-24(22(29)18-31-25)37-21-9-11-33(4)12-10-21/h5-7,16-18,21H,8-15H2,1-4H3,(H,31,32,35). The molecule has 1 saturated heterocycles. The number of halogens is 1. The van der Waals surface area contributed by atoms with Gasteiger partial charge in [-0.3, -0.25) is 9.78 Å². The minimum Gasteiger partial charge on any atom is -0.489 e. The summed E-state index contributed by atoms with van der Waals surface area (Å²) in [7, 11) is 2.10. The summed E-state index contributed by atoms with van der Waals surface area (Å²) in [4.78, 5) is 37.7. The summed E-state index contributed by atoms with van der Waals surface area (Å²) in [5.41, 5.74) is 2.18. The summed E-state index contributed by atoms with van der Waals surface area (Å²) < 4.78 is 11.5. The molecule has 4 rings (SSSR count). The van der Waals surface area contributed by atoms with Crippen LogP contribution >= 0.6 is 11.6 Å². The molecule has 2 aliphatic heterocycles. The summed E-state index contributed by atoms with van der Waals surface area (Å²) >= 11 is 6.29. The molecular formula is C28H36ClN5O4. The van der Waals surface area contributed by atoms with Gasteiger partial charge in [-0.05, 0) is 64.3 Å². The van der Waals surface area contributed by atoms with Crippen LogP contribution in [0.1, 0.15) is 51.3 Å². The number of ether oxygens (including phenoxy) is 2. The molecule has 4 heterocycles. The van der Waals surface area contributed by atoms with E-state index in [1.165, 1.54) is 6.20 Å². The highest BCUT2D eigenvalue weighted by molar-refractivity contribution is 6.32. The Morgan fingerprint density at radius 1 is 1.13 bits per heavy atom. The molecule has 38 heavy (non-hydrogen) atoms. The molecular weight excluding hydrogens is 506 g/mol. The third-order valence-corrected chi connectivity index (χ3v) is 6.71. The van der Waals surface area contributed by atoms with Crippen molar-refractivity contribution < 1.29 is 19.1 Å². The van der Waals surface area contributed by atoms with Crippen LogP contribution in [0.3, 0.4) is 0 Å². The van der Waals surface area contributed by atoms with Crippen molar-refractivity contribution in [3.8, 4) is 5.75 Å². The lowest BCUT2D eigenvalue weighted by Gasteiger charge is -2.29. The van der Waals surface area contributed by atoms with Crippen LogP contribution in [0.15, 0.2) is 36.7 Å². The van der Waals surface area contributed by atoms with Gasteiger partial charge in [-0.1, -0.05) is 23.7 Å². The lowest BCUT2D eigenvalue weighted by atomic mass is 10.0. The molecule has 0 atom stereocenters. The highest BCUT2D eigenvalue weighted by atomic mass is 35.5. The number of carbonyl (C=O) groups is 2. The SMILES string of the molecule is CN1CCC(Oc2cc(NC(=O)Cc3ccc(C4=CCN(C(=O)OC(C)(C)C)CC4)nc3)ncc2Cl)CC1. The van der Waals surface area contributed by atoms with Crippen molar-refractivity contribution in [1.29, 1.82) is 0 Å². The van der Waals surface area contributed by atoms with Crippen LogP contribution in [-0.2, 0) is 16.0 Å².